The van der Waals surface area contributed by atoms with Gasteiger partial charge in [-0.05, 0) is 53.9 Å². The first-order valence-corrected chi connectivity index (χ1v) is 8.48. The van der Waals surface area contributed by atoms with E-state index in [0.717, 1.165) is 31.6 Å². The summed E-state index contributed by atoms with van der Waals surface area (Å²) in [5.74, 6) is 1.07. The first kappa shape index (κ1) is 14.4. The summed E-state index contributed by atoms with van der Waals surface area (Å²) in [4.78, 5) is 0. The second-order valence-electron chi connectivity index (χ2n) is 5.31. The maximum absolute atomic E-state index is 5.47. The predicted octanol–water partition coefficient (Wildman–Crippen LogP) is 5.17. The highest BCUT2D eigenvalue weighted by molar-refractivity contribution is 7.17. The van der Waals surface area contributed by atoms with E-state index in [1.165, 1.54) is 15.6 Å². The van der Waals surface area contributed by atoms with Gasteiger partial charge in [0.2, 0.25) is 0 Å². The van der Waals surface area contributed by atoms with E-state index in [-0.39, 0.29) is 0 Å². The van der Waals surface area contributed by atoms with Crippen LogP contribution < -0.4 is 5.32 Å². The summed E-state index contributed by atoms with van der Waals surface area (Å²) in [5.41, 5.74) is 1.42. The van der Waals surface area contributed by atoms with Crippen molar-refractivity contribution in [1.29, 1.82) is 0 Å². The molecule has 1 N–H and O–H groups in total. The third-order valence-electron chi connectivity index (χ3n) is 3.79. The van der Waals surface area contributed by atoms with Crippen molar-refractivity contribution in [3.8, 4) is 0 Å². The van der Waals surface area contributed by atoms with Gasteiger partial charge in [0, 0.05) is 17.2 Å². The van der Waals surface area contributed by atoms with Crippen molar-refractivity contribution in [2.45, 2.75) is 32.2 Å². The zero-order chi connectivity index (χ0) is 14.5. The molecule has 0 amide bonds. The van der Waals surface area contributed by atoms with Crippen molar-refractivity contribution in [3.05, 3.63) is 59.4 Å². The molecule has 0 aliphatic carbocycles. The Balaban J connectivity index is 1.82. The first-order valence-electron chi connectivity index (χ1n) is 7.60. The lowest BCUT2D eigenvalue weighted by Gasteiger charge is -2.19. The van der Waals surface area contributed by atoms with Crippen LogP contribution in [-0.4, -0.2) is 6.54 Å². The molecule has 2 aromatic heterocycles. The zero-order valence-electron chi connectivity index (χ0n) is 12.3. The van der Waals surface area contributed by atoms with Gasteiger partial charge in [0.15, 0.2) is 0 Å². The van der Waals surface area contributed by atoms with E-state index in [9.17, 15) is 0 Å². The monoisotopic (exact) mass is 299 g/mol. The van der Waals surface area contributed by atoms with Gasteiger partial charge in [-0.25, -0.2) is 0 Å². The molecule has 2 heterocycles. The predicted molar refractivity (Wildman–Crippen MR) is 89.9 cm³/mol. The lowest BCUT2D eigenvalue weighted by atomic mass is 10.00. The second kappa shape index (κ2) is 6.92. The Morgan fingerprint density at radius 1 is 1.19 bits per heavy atom. The molecular formula is C18H21NOS. The van der Waals surface area contributed by atoms with Crippen molar-refractivity contribution in [2.24, 2.45) is 0 Å². The molecule has 0 aliphatic rings. The number of rotatable bonds is 7. The highest BCUT2D eigenvalue weighted by atomic mass is 32.1. The zero-order valence-corrected chi connectivity index (χ0v) is 13.2. The van der Waals surface area contributed by atoms with Crippen molar-refractivity contribution in [3.63, 3.8) is 0 Å². The van der Waals surface area contributed by atoms with Crippen LogP contribution in [0.1, 0.15) is 37.1 Å². The van der Waals surface area contributed by atoms with Crippen LogP contribution in [0.2, 0.25) is 0 Å². The molecule has 0 saturated carbocycles. The number of thiophene rings is 1. The quantitative estimate of drug-likeness (QED) is 0.651. The fourth-order valence-electron chi connectivity index (χ4n) is 2.72. The fraction of sp³-hybridized carbons (Fsp3) is 0.333. The Morgan fingerprint density at radius 3 is 2.95 bits per heavy atom. The molecule has 0 fully saturated rings. The van der Waals surface area contributed by atoms with Crippen LogP contribution in [-0.2, 0) is 6.42 Å². The molecule has 3 rings (SSSR count). The molecule has 1 aromatic carbocycles. The summed E-state index contributed by atoms with van der Waals surface area (Å²) in [6.45, 7) is 3.26. The van der Waals surface area contributed by atoms with Crippen molar-refractivity contribution >= 4 is 21.4 Å². The topological polar surface area (TPSA) is 25.2 Å². The van der Waals surface area contributed by atoms with Gasteiger partial charge in [0.1, 0.15) is 5.76 Å². The summed E-state index contributed by atoms with van der Waals surface area (Å²) in [5, 5.41) is 7.22. The molecule has 0 saturated heterocycles. The van der Waals surface area contributed by atoms with Gasteiger partial charge >= 0.3 is 0 Å². The number of benzene rings is 1. The molecule has 3 heteroatoms. The van der Waals surface area contributed by atoms with Crippen LogP contribution >= 0.6 is 11.3 Å². The Morgan fingerprint density at radius 2 is 2.14 bits per heavy atom. The molecular weight excluding hydrogens is 278 g/mol. The summed E-state index contributed by atoms with van der Waals surface area (Å²) in [6, 6.07) is 13.2. The Hall–Kier alpha value is -1.58. The fourth-order valence-corrected chi connectivity index (χ4v) is 3.69. The van der Waals surface area contributed by atoms with Gasteiger partial charge in [-0.1, -0.05) is 25.1 Å². The summed E-state index contributed by atoms with van der Waals surface area (Å²) < 4.78 is 6.88. The lowest BCUT2D eigenvalue weighted by Crippen LogP contribution is -2.22. The van der Waals surface area contributed by atoms with E-state index < -0.39 is 0 Å². The largest absolute Gasteiger partial charge is 0.469 e. The molecule has 0 radical (unpaired) electrons. The molecule has 0 bridgehead atoms. The van der Waals surface area contributed by atoms with Gasteiger partial charge in [-0.3, -0.25) is 0 Å². The molecule has 0 aliphatic heterocycles. The van der Waals surface area contributed by atoms with E-state index in [4.69, 9.17) is 4.42 Å². The lowest BCUT2D eigenvalue weighted by molar-refractivity contribution is 0.454. The number of nitrogens with one attached hydrogen (secondary N) is 1. The molecule has 3 aromatic rings. The summed E-state index contributed by atoms with van der Waals surface area (Å²) in [6.07, 6.45) is 4.93. The summed E-state index contributed by atoms with van der Waals surface area (Å²) >= 11 is 1.84. The van der Waals surface area contributed by atoms with E-state index in [2.05, 4.69) is 48.0 Å². The van der Waals surface area contributed by atoms with Gasteiger partial charge < -0.3 is 9.73 Å². The summed E-state index contributed by atoms with van der Waals surface area (Å²) in [7, 11) is 0. The van der Waals surface area contributed by atoms with E-state index in [1.807, 2.05) is 17.4 Å². The van der Waals surface area contributed by atoms with Crippen molar-refractivity contribution < 1.29 is 4.42 Å². The van der Waals surface area contributed by atoms with E-state index in [1.54, 1.807) is 6.26 Å². The van der Waals surface area contributed by atoms with Gasteiger partial charge in [0.25, 0.3) is 0 Å². The standard InChI is InChI=1S/C18H21NOS/c1-2-11-19-17(9-8-15-6-4-12-20-15)16-7-3-5-14-10-13-21-18(14)16/h3-7,10,12-13,17,19H,2,8-9,11H2,1H3. The van der Waals surface area contributed by atoms with Crippen LogP contribution in [0.25, 0.3) is 10.1 Å². The van der Waals surface area contributed by atoms with Crippen molar-refractivity contribution in [2.75, 3.05) is 6.54 Å². The minimum atomic E-state index is 0.386. The maximum atomic E-state index is 5.47. The molecule has 2 nitrogen and oxygen atoms in total. The maximum Gasteiger partial charge on any atom is 0.103 e. The van der Waals surface area contributed by atoms with E-state index in [0.29, 0.717) is 6.04 Å². The molecule has 110 valence electrons. The van der Waals surface area contributed by atoms with Gasteiger partial charge in [-0.15, -0.1) is 11.3 Å². The molecule has 1 unspecified atom stereocenters. The third kappa shape index (κ3) is 3.36. The number of aryl methyl sites for hydroxylation is 1. The number of hydrogen-bond acceptors (Lipinski definition) is 3. The van der Waals surface area contributed by atoms with Crippen LogP contribution in [0.15, 0.2) is 52.5 Å². The molecule has 0 spiro atoms. The minimum absolute atomic E-state index is 0.386. The molecule has 1 atom stereocenters. The van der Waals surface area contributed by atoms with Crippen LogP contribution in [0, 0.1) is 0 Å². The molecule has 21 heavy (non-hydrogen) atoms. The van der Waals surface area contributed by atoms with Gasteiger partial charge in [0.05, 0.1) is 6.26 Å². The van der Waals surface area contributed by atoms with Crippen LogP contribution in [0.5, 0.6) is 0 Å². The van der Waals surface area contributed by atoms with Crippen LogP contribution in [0.3, 0.4) is 0 Å². The highest BCUT2D eigenvalue weighted by Crippen LogP contribution is 2.31. The Bertz CT molecular complexity index is 671. The normalized spacial score (nSPS) is 12.8. The first-order chi connectivity index (χ1) is 10.4. The number of hydrogen-bond donors (Lipinski definition) is 1. The third-order valence-corrected chi connectivity index (χ3v) is 4.76. The SMILES string of the molecule is CCCNC(CCc1ccco1)c1cccc2ccsc12. The highest BCUT2D eigenvalue weighted by Gasteiger charge is 2.15. The average molecular weight is 299 g/mol. The number of fused-ring (bicyclic) bond motifs is 1. The Labute approximate surface area is 129 Å². The van der Waals surface area contributed by atoms with E-state index >= 15 is 0 Å². The van der Waals surface area contributed by atoms with Gasteiger partial charge in [-0.2, -0.15) is 0 Å². The smallest absolute Gasteiger partial charge is 0.103 e. The van der Waals surface area contributed by atoms with Crippen molar-refractivity contribution in [1.82, 2.24) is 5.32 Å². The second-order valence-corrected chi connectivity index (χ2v) is 6.23. The average Bonchev–Trinajstić information content (AvgIpc) is 3.18. The van der Waals surface area contributed by atoms with Crippen LogP contribution in [0.4, 0.5) is 0 Å². The minimum Gasteiger partial charge on any atom is -0.469 e. The Kier molecular flexibility index (Phi) is 4.73. The number of furan rings is 1.